The first kappa shape index (κ1) is 30.7. The lowest BCUT2D eigenvalue weighted by atomic mass is 10.0. The second kappa shape index (κ2) is 12.3. The van der Waals surface area contributed by atoms with Crippen LogP contribution >= 0.6 is 22.7 Å². The van der Waals surface area contributed by atoms with Gasteiger partial charge in [0.1, 0.15) is 0 Å². The highest BCUT2D eigenvalue weighted by molar-refractivity contribution is 7.27. The monoisotopic (exact) mass is 701 g/mol. The molecule has 246 valence electrons. The van der Waals surface area contributed by atoms with E-state index in [0.717, 1.165) is 45.3 Å². The van der Waals surface area contributed by atoms with Crippen LogP contribution in [-0.2, 0) is 0 Å². The van der Waals surface area contributed by atoms with Crippen molar-refractivity contribution in [1.29, 1.82) is 0 Å². The van der Waals surface area contributed by atoms with E-state index in [9.17, 15) is 0 Å². The predicted molar refractivity (Wildman–Crippen MR) is 226 cm³/mol. The SMILES string of the molecule is C=Cc1c(/C=C\C)c2ccc3c4cccc(-c5cc(-c6ccccc6)nc(-c6ccc7c(c6)sc6ccccc67)n5)c4sc3c2n1-c1ccccc1. The van der Waals surface area contributed by atoms with Crippen LogP contribution in [0.15, 0.2) is 152 Å². The molecule has 4 heterocycles. The van der Waals surface area contributed by atoms with Crippen LogP contribution in [0.5, 0.6) is 0 Å². The van der Waals surface area contributed by atoms with Crippen LogP contribution in [0.25, 0.3) is 103 Å². The van der Waals surface area contributed by atoms with Crippen LogP contribution in [0.3, 0.4) is 0 Å². The summed E-state index contributed by atoms with van der Waals surface area (Å²) in [5, 5.41) is 6.23. The van der Waals surface area contributed by atoms with Gasteiger partial charge in [0.25, 0.3) is 0 Å². The van der Waals surface area contributed by atoms with Gasteiger partial charge in [0.15, 0.2) is 5.82 Å². The first-order valence-corrected chi connectivity index (χ1v) is 19.0. The lowest BCUT2D eigenvalue weighted by molar-refractivity contribution is 1.11. The quantitative estimate of drug-likeness (QED) is 0.173. The minimum atomic E-state index is 0.723. The molecule has 0 fully saturated rings. The second-order valence-electron chi connectivity index (χ2n) is 12.9. The van der Waals surface area contributed by atoms with E-state index in [1.54, 1.807) is 0 Å². The van der Waals surface area contributed by atoms with Crippen molar-refractivity contribution in [3.8, 4) is 39.6 Å². The summed E-state index contributed by atoms with van der Waals surface area (Å²) < 4.78 is 7.35. The van der Waals surface area contributed by atoms with E-state index < -0.39 is 0 Å². The van der Waals surface area contributed by atoms with Crippen molar-refractivity contribution < 1.29 is 0 Å². The minimum Gasteiger partial charge on any atom is -0.308 e. The van der Waals surface area contributed by atoms with Gasteiger partial charge in [-0.15, -0.1) is 22.7 Å². The van der Waals surface area contributed by atoms with Gasteiger partial charge in [-0.2, -0.15) is 0 Å². The first-order chi connectivity index (χ1) is 25.7. The van der Waals surface area contributed by atoms with Crippen molar-refractivity contribution in [2.75, 3.05) is 0 Å². The van der Waals surface area contributed by atoms with Crippen molar-refractivity contribution in [2.45, 2.75) is 6.92 Å². The predicted octanol–water partition coefficient (Wildman–Crippen LogP) is 13.8. The highest BCUT2D eigenvalue weighted by Crippen LogP contribution is 2.46. The van der Waals surface area contributed by atoms with E-state index in [4.69, 9.17) is 9.97 Å². The largest absolute Gasteiger partial charge is 0.308 e. The number of thiophene rings is 2. The molecule has 0 spiro atoms. The van der Waals surface area contributed by atoms with E-state index in [0.29, 0.717) is 0 Å². The highest BCUT2D eigenvalue weighted by Gasteiger charge is 2.21. The molecule has 4 aromatic heterocycles. The minimum absolute atomic E-state index is 0.723. The Morgan fingerprint density at radius 3 is 2.10 bits per heavy atom. The standard InChI is InChI=1S/C47H31N3S2/c1-3-14-32-35-25-26-37-36-20-13-21-38(45(36)52-46(37)44(35)50(41(32)4-2)31-17-9-6-10-18-31)40-28-39(29-15-7-5-8-16-29)48-47(49-40)30-23-24-34-33-19-11-12-22-42(33)51-43(34)27-30/h3-28H,2H2,1H3/b14-3-. The summed E-state index contributed by atoms with van der Waals surface area (Å²) in [6.07, 6.45) is 6.30. The third-order valence-corrected chi connectivity index (χ3v) is 12.3. The molecule has 0 radical (unpaired) electrons. The van der Waals surface area contributed by atoms with E-state index in [-0.39, 0.29) is 0 Å². The number of aromatic nitrogens is 3. The number of nitrogens with zero attached hydrogens (tertiary/aromatic N) is 3. The van der Waals surface area contributed by atoms with Crippen LogP contribution in [0.4, 0.5) is 0 Å². The second-order valence-corrected chi connectivity index (χ2v) is 15.0. The summed E-state index contributed by atoms with van der Waals surface area (Å²) in [6.45, 7) is 6.33. The van der Waals surface area contributed by atoms with E-state index in [2.05, 4.69) is 164 Å². The van der Waals surface area contributed by atoms with Gasteiger partial charge in [-0.05, 0) is 43.3 Å². The van der Waals surface area contributed by atoms with Crippen molar-refractivity contribution in [3.63, 3.8) is 0 Å². The maximum Gasteiger partial charge on any atom is 0.160 e. The maximum atomic E-state index is 5.34. The number of para-hydroxylation sites is 1. The lowest BCUT2D eigenvalue weighted by Crippen LogP contribution is -1.96. The Morgan fingerprint density at radius 1 is 0.577 bits per heavy atom. The van der Waals surface area contributed by atoms with Gasteiger partial charge in [-0.3, -0.25) is 0 Å². The molecule has 0 amide bonds. The molecule has 0 aliphatic heterocycles. The molecule has 0 atom stereocenters. The maximum absolute atomic E-state index is 5.34. The number of allylic oxidation sites excluding steroid dienone is 1. The summed E-state index contributed by atoms with van der Waals surface area (Å²) >= 11 is 3.66. The van der Waals surface area contributed by atoms with Gasteiger partial charge in [0.05, 0.1) is 27.3 Å². The number of benzene rings is 6. The number of hydrogen-bond acceptors (Lipinski definition) is 4. The molecule has 5 heteroatoms. The topological polar surface area (TPSA) is 30.7 Å². The average molecular weight is 702 g/mol. The number of hydrogen-bond donors (Lipinski definition) is 0. The fourth-order valence-electron chi connectivity index (χ4n) is 7.59. The van der Waals surface area contributed by atoms with Crippen molar-refractivity contribution in [1.82, 2.24) is 14.5 Å². The number of rotatable bonds is 6. The zero-order valence-electron chi connectivity index (χ0n) is 28.4. The summed E-state index contributed by atoms with van der Waals surface area (Å²) in [5.41, 5.74) is 9.58. The molecule has 6 aromatic carbocycles. The molecule has 52 heavy (non-hydrogen) atoms. The van der Waals surface area contributed by atoms with Gasteiger partial charge >= 0.3 is 0 Å². The zero-order valence-corrected chi connectivity index (χ0v) is 30.0. The normalized spacial score (nSPS) is 11.9. The van der Waals surface area contributed by atoms with Crippen LogP contribution in [-0.4, -0.2) is 14.5 Å². The fraction of sp³-hybridized carbons (Fsp3) is 0.0213. The Bertz CT molecular complexity index is 3040. The fourth-order valence-corrected chi connectivity index (χ4v) is 10.1. The first-order valence-electron chi connectivity index (χ1n) is 17.4. The Balaban J connectivity index is 1.23. The van der Waals surface area contributed by atoms with E-state index >= 15 is 0 Å². The summed E-state index contributed by atoms with van der Waals surface area (Å²) in [5.74, 6) is 0.723. The Morgan fingerprint density at radius 2 is 1.27 bits per heavy atom. The highest BCUT2D eigenvalue weighted by atomic mass is 32.1. The van der Waals surface area contributed by atoms with Gasteiger partial charge in [0.2, 0.25) is 0 Å². The molecule has 0 N–H and O–H groups in total. The van der Waals surface area contributed by atoms with Crippen molar-refractivity contribution in [2.24, 2.45) is 0 Å². The van der Waals surface area contributed by atoms with Crippen LogP contribution < -0.4 is 0 Å². The van der Waals surface area contributed by atoms with Crippen LogP contribution in [0, 0.1) is 0 Å². The third kappa shape index (κ3) is 4.78. The molecular formula is C47H31N3S2. The molecule has 0 aliphatic carbocycles. The Hall–Kier alpha value is -6.14. The molecule has 0 bridgehead atoms. The molecule has 0 saturated carbocycles. The van der Waals surface area contributed by atoms with Crippen LogP contribution in [0.1, 0.15) is 18.2 Å². The van der Waals surface area contributed by atoms with E-state index in [1.807, 2.05) is 34.8 Å². The van der Waals surface area contributed by atoms with Gasteiger partial charge < -0.3 is 4.57 Å². The smallest absolute Gasteiger partial charge is 0.160 e. The molecule has 3 nitrogen and oxygen atoms in total. The molecule has 0 unspecified atom stereocenters. The zero-order chi connectivity index (χ0) is 34.8. The van der Waals surface area contributed by atoms with Gasteiger partial charge in [0, 0.05) is 69.0 Å². The van der Waals surface area contributed by atoms with Crippen molar-refractivity contribution >= 4 is 86.1 Å². The molecule has 10 rings (SSSR count). The average Bonchev–Trinajstić information content (AvgIpc) is 3.87. The molecule has 0 saturated heterocycles. The molecular weight excluding hydrogens is 671 g/mol. The summed E-state index contributed by atoms with van der Waals surface area (Å²) in [7, 11) is 0. The van der Waals surface area contributed by atoms with E-state index in [1.165, 1.54) is 56.8 Å². The Labute approximate surface area is 309 Å². The summed E-state index contributed by atoms with van der Waals surface area (Å²) in [6, 6.07) is 49.6. The van der Waals surface area contributed by atoms with Gasteiger partial charge in [-0.25, -0.2) is 9.97 Å². The lowest BCUT2D eigenvalue weighted by Gasteiger charge is -2.10. The number of fused-ring (bicyclic) bond motifs is 8. The Kier molecular flexibility index (Phi) is 7.24. The molecule has 10 aromatic rings. The van der Waals surface area contributed by atoms with Crippen molar-refractivity contribution in [3.05, 3.63) is 163 Å². The van der Waals surface area contributed by atoms with Gasteiger partial charge in [-0.1, -0.05) is 128 Å². The third-order valence-electron chi connectivity index (χ3n) is 9.92. The summed E-state index contributed by atoms with van der Waals surface area (Å²) in [4.78, 5) is 10.5. The molecule has 0 aliphatic rings. The van der Waals surface area contributed by atoms with Crippen LogP contribution in [0.2, 0.25) is 0 Å².